The van der Waals surface area contributed by atoms with Crippen LogP contribution in [0.3, 0.4) is 0 Å². The largest absolute Gasteiger partial charge is 0.355 e. The highest BCUT2D eigenvalue weighted by molar-refractivity contribution is 5.89. The summed E-state index contributed by atoms with van der Waals surface area (Å²) in [5.41, 5.74) is 1.10. The standard InChI is InChI=1S/C17H25N3O2/c1-3-19(2)10-9-18-17(22)15-11-16(21)20(13-15)12-14-7-5-4-6-8-14/h4-8,15H,3,9-13H2,1-2H3,(H,18,22)/t15-/m1/s1. The fourth-order valence-corrected chi connectivity index (χ4v) is 2.58. The second-order valence-electron chi connectivity index (χ2n) is 5.85. The molecule has 120 valence electrons. The molecule has 0 spiro atoms. The van der Waals surface area contributed by atoms with Crippen LogP contribution in [0.15, 0.2) is 30.3 Å². The molecule has 0 unspecified atom stereocenters. The summed E-state index contributed by atoms with van der Waals surface area (Å²) in [5.74, 6) is -0.161. The van der Waals surface area contributed by atoms with E-state index in [2.05, 4.69) is 17.1 Å². The molecule has 1 N–H and O–H groups in total. The Bertz CT molecular complexity index is 504. The molecule has 0 radical (unpaired) electrons. The molecule has 1 atom stereocenters. The Morgan fingerprint density at radius 1 is 1.36 bits per heavy atom. The topological polar surface area (TPSA) is 52.7 Å². The molecule has 1 aromatic carbocycles. The van der Waals surface area contributed by atoms with E-state index < -0.39 is 0 Å². The van der Waals surface area contributed by atoms with Crippen molar-refractivity contribution < 1.29 is 9.59 Å². The van der Waals surface area contributed by atoms with Crippen LogP contribution in [0, 0.1) is 5.92 Å². The molecule has 1 aromatic rings. The third kappa shape index (κ3) is 4.56. The van der Waals surface area contributed by atoms with E-state index in [1.54, 1.807) is 4.90 Å². The Hall–Kier alpha value is -1.88. The zero-order chi connectivity index (χ0) is 15.9. The lowest BCUT2D eigenvalue weighted by Crippen LogP contribution is -2.37. The van der Waals surface area contributed by atoms with Gasteiger partial charge in [-0.2, -0.15) is 0 Å². The van der Waals surface area contributed by atoms with Crippen LogP contribution in [-0.2, 0) is 16.1 Å². The van der Waals surface area contributed by atoms with Crippen molar-refractivity contribution >= 4 is 11.8 Å². The van der Waals surface area contributed by atoms with Crippen LogP contribution < -0.4 is 5.32 Å². The second-order valence-corrected chi connectivity index (χ2v) is 5.85. The molecule has 5 heteroatoms. The Balaban J connectivity index is 1.80. The summed E-state index contributed by atoms with van der Waals surface area (Å²) in [5, 5.41) is 2.94. The SMILES string of the molecule is CCN(C)CCNC(=O)[C@@H]1CC(=O)N(Cc2ccccc2)C1. The molecule has 2 rings (SSSR count). The minimum atomic E-state index is -0.219. The number of carbonyl (C=O) groups excluding carboxylic acids is 2. The first-order chi connectivity index (χ1) is 10.6. The predicted molar refractivity (Wildman–Crippen MR) is 86.1 cm³/mol. The van der Waals surface area contributed by atoms with Crippen LogP contribution in [-0.4, -0.2) is 54.8 Å². The second kappa shape index (κ2) is 7.94. The van der Waals surface area contributed by atoms with Crippen LogP contribution in [0.1, 0.15) is 18.9 Å². The fraction of sp³-hybridized carbons (Fsp3) is 0.529. The molecule has 1 saturated heterocycles. The molecule has 0 aliphatic carbocycles. The number of benzene rings is 1. The van der Waals surface area contributed by atoms with Crippen LogP contribution in [0.25, 0.3) is 0 Å². The van der Waals surface area contributed by atoms with Gasteiger partial charge in [-0.25, -0.2) is 0 Å². The summed E-state index contributed by atoms with van der Waals surface area (Å²) >= 11 is 0. The number of amides is 2. The third-order valence-corrected chi connectivity index (χ3v) is 4.13. The van der Waals surface area contributed by atoms with E-state index in [9.17, 15) is 9.59 Å². The lowest BCUT2D eigenvalue weighted by molar-refractivity contribution is -0.129. The average molecular weight is 303 g/mol. The van der Waals surface area contributed by atoms with E-state index in [1.165, 1.54) is 0 Å². The third-order valence-electron chi connectivity index (χ3n) is 4.13. The molecule has 1 aliphatic rings. The van der Waals surface area contributed by atoms with Gasteiger partial charge in [-0.05, 0) is 19.2 Å². The van der Waals surface area contributed by atoms with Gasteiger partial charge in [0, 0.05) is 32.6 Å². The summed E-state index contributed by atoms with van der Waals surface area (Å²) in [7, 11) is 2.02. The Labute approximate surface area is 132 Å². The van der Waals surface area contributed by atoms with Crippen LogP contribution in [0.2, 0.25) is 0 Å². The van der Waals surface area contributed by atoms with Crippen molar-refractivity contribution in [2.45, 2.75) is 19.9 Å². The molecule has 2 amide bonds. The van der Waals surface area contributed by atoms with Crippen molar-refractivity contribution in [2.75, 3.05) is 33.2 Å². The van der Waals surface area contributed by atoms with Gasteiger partial charge < -0.3 is 15.1 Å². The highest BCUT2D eigenvalue weighted by Gasteiger charge is 2.33. The minimum Gasteiger partial charge on any atom is -0.355 e. The highest BCUT2D eigenvalue weighted by atomic mass is 16.2. The smallest absolute Gasteiger partial charge is 0.225 e. The van der Waals surface area contributed by atoms with Gasteiger partial charge >= 0.3 is 0 Å². The van der Waals surface area contributed by atoms with E-state index in [0.717, 1.165) is 18.7 Å². The Morgan fingerprint density at radius 2 is 2.09 bits per heavy atom. The normalized spacial score (nSPS) is 18.0. The monoisotopic (exact) mass is 303 g/mol. The summed E-state index contributed by atoms with van der Waals surface area (Å²) < 4.78 is 0. The van der Waals surface area contributed by atoms with E-state index in [0.29, 0.717) is 26.1 Å². The highest BCUT2D eigenvalue weighted by Crippen LogP contribution is 2.20. The van der Waals surface area contributed by atoms with Crippen molar-refractivity contribution in [2.24, 2.45) is 5.92 Å². The number of hydrogen-bond donors (Lipinski definition) is 1. The number of likely N-dealkylation sites (tertiary alicyclic amines) is 1. The van der Waals surface area contributed by atoms with E-state index in [4.69, 9.17) is 0 Å². The first-order valence-corrected chi connectivity index (χ1v) is 7.88. The maximum atomic E-state index is 12.2. The van der Waals surface area contributed by atoms with Crippen molar-refractivity contribution in [3.05, 3.63) is 35.9 Å². The molecule has 0 saturated carbocycles. The van der Waals surface area contributed by atoms with E-state index >= 15 is 0 Å². The molecular weight excluding hydrogens is 278 g/mol. The van der Waals surface area contributed by atoms with Crippen molar-refractivity contribution in [1.29, 1.82) is 0 Å². The van der Waals surface area contributed by atoms with Crippen LogP contribution in [0.4, 0.5) is 0 Å². The number of carbonyl (C=O) groups is 2. The van der Waals surface area contributed by atoms with Crippen LogP contribution >= 0.6 is 0 Å². The van der Waals surface area contributed by atoms with Crippen molar-refractivity contribution in [3.8, 4) is 0 Å². The molecule has 0 bridgehead atoms. The summed E-state index contributed by atoms with van der Waals surface area (Å²) in [6.07, 6.45) is 0.322. The van der Waals surface area contributed by atoms with Crippen LogP contribution in [0.5, 0.6) is 0 Å². The summed E-state index contributed by atoms with van der Waals surface area (Å²) in [4.78, 5) is 28.1. The van der Waals surface area contributed by atoms with Gasteiger partial charge in [0.1, 0.15) is 0 Å². The molecule has 1 fully saturated rings. The first kappa shape index (κ1) is 16.5. The first-order valence-electron chi connectivity index (χ1n) is 7.88. The zero-order valence-electron chi connectivity index (χ0n) is 13.4. The number of rotatable bonds is 7. The Morgan fingerprint density at radius 3 is 2.77 bits per heavy atom. The molecule has 0 aromatic heterocycles. The van der Waals surface area contributed by atoms with Gasteiger partial charge in [-0.15, -0.1) is 0 Å². The zero-order valence-corrected chi connectivity index (χ0v) is 13.4. The quantitative estimate of drug-likeness (QED) is 0.821. The predicted octanol–water partition coefficient (Wildman–Crippen LogP) is 1.10. The van der Waals surface area contributed by atoms with E-state index in [-0.39, 0.29) is 17.7 Å². The Kier molecular flexibility index (Phi) is 5.95. The fourth-order valence-electron chi connectivity index (χ4n) is 2.58. The van der Waals surface area contributed by atoms with Crippen molar-refractivity contribution in [1.82, 2.24) is 15.1 Å². The lowest BCUT2D eigenvalue weighted by Gasteiger charge is -2.17. The molecule has 1 aliphatic heterocycles. The maximum Gasteiger partial charge on any atom is 0.225 e. The van der Waals surface area contributed by atoms with Gasteiger partial charge in [0.25, 0.3) is 0 Å². The number of nitrogens with zero attached hydrogens (tertiary/aromatic N) is 2. The summed E-state index contributed by atoms with van der Waals surface area (Å²) in [6.45, 7) is 5.61. The molecule has 1 heterocycles. The van der Waals surface area contributed by atoms with Gasteiger partial charge in [0.2, 0.25) is 11.8 Å². The minimum absolute atomic E-state index is 0.00610. The molecule has 5 nitrogen and oxygen atoms in total. The number of likely N-dealkylation sites (N-methyl/N-ethyl adjacent to an activating group) is 1. The average Bonchev–Trinajstić information content (AvgIpc) is 2.89. The number of hydrogen-bond acceptors (Lipinski definition) is 3. The molecular formula is C17H25N3O2. The van der Waals surface area contributed by atoms with Gasteiger partial charge in [0.15, 0.2) is 0 Å². The van der Waals surface area contributed by atoms with Crippen molar-refractivity contribution in [3.63, 3.8) is 0 Å². The lowest BCUT2D eigenvalue weighted by atomic mass is 10.1. The summed E-state index contributed by atoms with van der Waals surface area (Å²) in [6, 6.07) is 9.88. The van der Waals surface area contributed by atoms with Gasteiger partial charge in [-0.3, -0.25) is 9.59 Å². The van der Waals surface area contributed by atoms with Gasteiger partial charge in [-0.1, -0.05) is 37.3 Å². The molecule has 22 heavy (non-hydrogen) atoms. The van der Waals surface area contributed by atoms with Gasteiger partial charge in [0.05, 0.1) is 5.92 Å². The number of nitrogens with one attached hydrogen (secondary N) is 1. The maximum absolute atomic E-state index is 12.2. The van der Waals surface area contributed by atoms with E-state index in [1.807, 2.05) is 37.4 Å².